The molecule has 88 valence electrons. The second kappa shape index (κ2) is 5.21. The first kappa shape index (κ1) is 12.6. The maximum Gasteiger partial charge on any atom is 0.224 e. The lowest BCUT2D eigenvalue weighted by molar-refractivity contribution is 1.15. The van der Waals surface area contributed by atoms with Crippen molar-refractivity contribution in [3.8, 4) is 0 Å². The summed E-state index contributed by atoms with van der Waals surface area (Å²) in [5.74, 6) is 0.581. The second-order valence-corrected chi connectivity index (χ2v) is 5.04. The lowest BCUT2D eigenvalue weighted by atomic mass is 10.2. The summed E-state index contributed by atoms with van der Waals surface area (Å²) in [6.07, 6.45) is 1.58. The zero-order valence-electron chi connectivity index (χ0n) is 8.84. The first-order chi connectivity index (χ1) is 8.06. The molecule has 0 radical (unpaired) electrons. The number of benzene rings is 1. The van der Waals surface area contributed by atoms with Crippen LogP contribution in [-0.4, -0.2) is 9.97 Å². The van der Waals surface area contributed by atoms with Crippen molar-refractivity contribution < 1.29 is 0 Å². The van der Waals surface area contributed by atoms with Gasteiger partial charge in [0, 0.05) is 6.20 Å². The van der Waals surface area contributed by atoms with Gasteiger partial charge in [-0.05, 0) is 52.2 Å². The van der Waals surface area contributed by atoms with Gasteiger partial charge >= 0.3 is 0 Å². The molecule has 3 nitrogen and oxygen atoms in total. The summed E-state index contributed by atoms with van der Waals surface area (Å²) in [5, 5.41) is 3.91. The van der Waals surface area contributed by atoms with Gasteiger partial charge in [0.05, 0.1) is 15.2 Å². The molecule has 6 heteroatoms. The minimum Gasteiger partial charge on any atom is -0.338 e. The lowest BCUT2D eigenvalue weighted by Crippen LogP contribution is -1.97. The number of hydrogen-bond donors (Lipinski definition) is 1. The van der Waals surface area contributed by atoms with Gasteiger partial charge in [0.25, 0.3) is 0 Å². The van der Waals surface area contributed by atoms with Gasteiger partial charge in [-0.25, -0.2) is 4.98 Å². The van der Waals surface area contributed by atoms with Crippen molar-refractivity contribution in [1.29, 1.82) is 0 Å². The highest BCUT2D eigenvalue weighted by Gasteiger charge is 2.07. The maximum atomic E-state index is 6.08. The standard InChI is InChI=1S/C11H8BrCl2N3/c1-6-2-3-8(13)9(4-6)16-10-7(12)5-15-11(14)17-10/h2-5H,1H3,(H,15,16,17). The average molecular weight is 333 g/mol. The fourth-order valence-corrected chi connectivity index (χ4v) is 1.88. The Kier molecular flexibility index (Phi) is 3.86. The highest BCUT2D eigenvalue weighted by molar-refractivity contribution is 9.10. The summed E-state index contributed by atoms with van der Waals surface area (Å²) in [6, 6.07) is 5.70. The molecule has 0 amide bonds. The molecule has 0 saturated heterocycles. The topological polar surface area (TPSA) is 37.8 Å². The molecule has 0 atom stereocenters. The normalized spacial score (nSPS) is 10.4. The quantitative estimate of drug-likeness (QED) is 0.817. The largest absolute Gasteiger partial charge is 0.338 e. The molecule has 0 aliphatic carbocycles. The van der Waals surface area contributed by atoms with Gasteiger partial charge in [-0.1, -0.05) is 17.7 Å². The molecular weight excluding hydrogens is 325 g/mol. The Morgan fingerprint density at radius 2 is 2.06 bits per heavy atom. The van der Waals surface area contributed by atoms with Crippen molar-refractivity contribution in [2.24, 2.45) is 0 Å². The van der Waals surface area contributed by atoms with Crippen molar-refractivity contribution in [3.63, 3.8) is 0 Å². The Morgan fingerprint density at radius 1 is 1.29 bits per heavy atom. The summed E-state index contributed by atoms with van der Waals surface area (Å²) >= 11 is 15.2. The van der Waals surface area contributed by atoms with E-state index in [1.807, 2.05) is 25.1 Å². The van der Waals surface area contributed by atoms with Crippen LogP contribution < -0.4 is 5.32 Å². The first-order valence-corrected chi connectivity index (χ1v) is 6.32. The third kappa shape index (κ3) is 3.09. The molecule has 0 spiro atoms. The van der Waals surface area contributed by atoms with Crippen LogP contribution in [0, 0.1) is 6.92 Å². The van der Waals surface area contributed by atoms with E-state index < -0.39 is 0 Å². The van der Waals surface area contributed by atoms with E-state index in [1.165, 1.54) is 0 Å². The second-order valence-electron chi connectivity index (χ2n) is 3.44. The molecule has 1 aromatic heterocycles. The number of nitrogens with one attached hydrogen (secondary N) is 1. The molecule has 2 aromatic rings. The average Bonchev–Trinajstić information content (AvgIpc) is 2.28. The molecule has 0 aliphatic heterocycles. The zero-order valence-corrected chi connectivity index (χ0v) is 11.9. The van der Waals surface area contributed by atoms with E-state index in [-0.39, 0.29) is 5.28 Å². The molecule has 1 heterocycles. The Bertz CT molecular complexity index is 511. The summed E-state index contributed by atoms with van der Waals surface area (Å²) < 4.78 is 0.722. The van der Waals surface area contributed by atoms with Crippen LogP contribution in [0.3, 0.4) is 0 Å². The minimum absolute atomic E-state index is 0.180. The van der Waals surface area contributed by atoms with Crippen LogP contribution in [0.4, 0.5) is 11.5 Å². The fraction of sp³-hybridized carbons (Fsp3) is 0.0909. The van der Waals surface area contributed by atoms with E-state index >= 15 is 0 Å². The zero-order chi connectivity index (χ0) is 12.4. The van der Waals surface area contributed by atoms with E-state index in [0.717, 1.165) is 15.7 Å². The van der Waals surface area contributed by atoms with Gasteiger partial charge in [0.1, 0.15) is 5.82 Å². The first-order valence-electron chi connectivity index (χ1n) is 4.77. The third-order valence-electron chi connectivity index (χ3n) is 2.09. The number of aryl methyl sites for hydroxylation is 1. The van der Waals surface area contributed by atoms with Crippen molar-refractivity contribution in [3.05, 3.63) is 44.7 Å². The van der Waals surface area contributed by atoms with Crippen LogP contribution in [0.25, 0.3) is 0 Å². The highest BCUT2D eigenvalue weighted by atomic mass is 79.9. The molecule has 0 bridgehead atoms. The number of halogens is 3. The number of nitrogens with zero attached hydrogens (tertiary/aromatic N) is 2. The number of aromatic nitrogens is 2. The summed E-state index contributed by atoms with van der Waals surface area (Å²) in [7, 11) is 0. The Balaban J connectivity index is 2.37. The summed E-state index contributed by atoms with van der Waals surface area (Å²) in [5.41, 5.74) is 1.88. The molecule has 0 saturated carbocycles. The van der Waals surface area contributed by atoms with Gasteiger partial charge in [0.15, 0.2) is 0 Å². The van der Waals surface area contributed by atoms with E-state index in [2.05, 4.69) is 31.2 Å². The number of rotatable bonds is 2. The molecular formula is C11H8BrCl2N3. The predicted molar refractivity (Wildman–Crippen MR) is 74.2 cm³/mol. The Hall–Kier alpha value is -0.840. The Morgan fingerprint density at radius 3 is 2.82 bits per heavy atom. The molecule has 0 fully saturated rings. The van der Waals surface area contributed by atoms with E-state index in [1.54, 1.807) is 6.20 Å². The predicted octanol–water partition coefficient (Wildman–Crippen LogP) is 4.60. The van der Waals surface area contributed by atoms with Gasteiger partial charge < -0.3 is 5.32 Å². The van der Waals surface area contributed by atoms with Crippen molar-refractivity contribution >= 4 is 50.6 Å². The molecule has 2 rings (SSSR count). The van der Waals surface area contributed by atoms with E-state index in [0.29, 0.717) is 10.8 Å². The molecule has 0 unspecified atom stereocenters. The highest BCUT2D eigenvalue weighted by Crippen LogP contribution is 2.29. The molecule has 1 aromatic carbocycles. The van der Waals surface area contributed by atoms with Crippen molar-refractivity contribution in [2.45, 2.75) is 6.92 Å². The van der Waals surface area contributed by atoms with Crippen LogP contribution in [0.2, 0.25) is 10.3 Å². The number of hydrogen-bond acceptors (Lipinski definition) is 3. The van der Waals surface area contributed by atoms with Crippen molar-refractivity contribution in [1.82, 2.24) is 9.97 Å². The summed E-state index contributed by atoms with van der Waals surface area (Å²) in [6.45, 7) is 1.99. The molecule has 1 N–H and O–H groups in total. The van der Waals surface area contributed by atoms with E-state index in [9.17, 15) is 0 Å². The fourth-order valence-electron chi connectivity index (χ4n) is 1.30. The Labute approximate surface area is 117 Å². The van der Waals surface area contributed by atoms with Crippen LogP contribution in [0.5, 0.6) is 0 Å². The molecule has 0 aliphatic rings. The van der Waals surface area contributed by atoms with Crippen molar-refractivity contribution in [2.75, 3.05) is 5.32 Å². The SMILES string of the molecule is Cc1ccc(Cl)c(Nc2nc(Cl)ncc2Br)c1. The van der Waals surface area contributed by atoms with E-state index in [4.69, 9.17) is 23.2 Å². The summed E-state index contributed by atoms with van der Waals surface area (Å²) in [4.78, 5) is 7.93. The van der Waals surface area contributed by atoms with Gasteiger partial charge in [-0.3, -0.25) is 0 Å². The van der Waals surface area contributed by atoms with Gasteiger partial charge in [-0.2, -0.15) is 4.98 Å². The van der Waals surface area contributed by atoms with Gasteiger partial charge in [0.2, 0.25) is 5.28 Å². The maximum absolute atomic E-state index is 6.08. The smallest absolute Gasteiger partial charge is 0.224 e. The van der Waals surface area contributed by atoms with Crippen LogP contribution in [-0.2, 0) is 0 Å². The van der Waals surface area contributed by atoms with Crippen LogP contribution in [0.1, 0.15) is 5.56 Å². The monoisotopic (exact) mass is 331 g/mol. The lowest BCUT2D eigenvalue weighted by Gasteiger charge is -2.09. The third-order valence-corrected chi connectivity index (χ3v) is 3.18. The minimum atomic E-state index is 0.180. The number of anilines is 2. The van der Waals surface area contributed by atoms with Gasteiger partial charge in [-0.15, -0.1) is 0 Å². The molecule has 17 heavy (non-hydrogen) atoms. The van der Waals surface area contributed by atoms with Crippen LogP contribution >= 0.6 is 39.1 Å². The van der Waals surface area contributed by atoms with Crippen LogP contribution in [0.15, 0.2) is 28.9 Å².